The molecule has 2 heterocycles. The quantitative estimate of drug-likeness (QED) is 0.262. The summed E-state index contributed by atoms with van der Waals surface area (Å²) < 4.78 is 40.0. The van der Waals surface area contributed by atoms with Gasteiger partial charge in [-0.15, -0.1) is 11.8 Å². The maximum absolute atomic E-state index is 13.7. The highest BCUT2D eigenvalue weighted by atomic mass is 32.2. The number of nitrogens with zero attached hydrogens (tertiary/aromatic N) is 4. The number of rotatable bonds is 8. The Morgan fingerprint density at radius 1 is 1.19 bits per heavy atom. The molecule has 2 aromatic carbocycles. The van der Waals surface area contributed by atoms with Crippen LogP contribution in [0, 0.1) is 17.1 Å². The van der Waals surface area contributed by atoms with Crippen LogP contribution in [0.1, 0.15) is 49.3 Å². The van der Waals surface area contributed by atoms with Gasteiger partial charge in [0.15, 0.2) is 0 Å². The van der Waals surface area contributed by atoms with Crippen molar-refractivity contribution in [3.05, 3.63) is 83.8 Å². The van der Waals surface area contributed by atoms with E-state index in [0.29, 0.717) is 36.3 Å². The molecule has 1 aromatic heterocycles. The summed E-state index contributed by atoms with van der Waals surface area (Å²) in [5, 5.41) is 11.3. The fourth-order valence-corrected chi connectivity index (χ4v) is 5.57. The zero-order valence-electron chi connectivity index (χ0n) is 23.4. The molecule has 5 rings (SSSR count). The van der Waals surface area contributed by atoms with Gasteiger partial charge in [0.2, 0.25) is 18.2 Å². The van der Waals surface area contributed by atoms with E-state index in [0.717, 1.165) is 28.7 Å². The molecule has 43 heavy (non-hydrogen) atoms. The molecule has 1 unspecified atom stereocenters. The van der Waals surface area contributed by atoms with E-state index < -0.39 is 42.6 Å². The van der Waals surface area contributed by atoms with Crippen LogP contribution < -0.4 is 15.1 Å². The number of halogens is 3. The molecule has 1 N–H and O–H groups in total. The number of piperidine rings is 1. The summed E-state index contributed by atoms with van der Waals surface area (Å²) in [4.78, 5) is 44.2. The highest BCUT2D eigenvalue weighted by Crippen LogP contribution is 2.39. The zero-order valence-corrected chi connectivity index (χ0v) is 24.2. The minimum atomic E-state index is -2.78. The average Bonchev–Trinajstić information content (AvgIpc) is 2.99. The molecular weight excluding hydrogens is 579 g/mol. The second kappa shape index (κ2) is 14.2. The van der Waals surface area contributed by atoms with Gasteiger partial charge in [0.05, 0.1) is 11.6 Å². The van der Waals surface area contributed by atoms with E-state index in [1.807, 2.05) is 12.3 Å². The number of aromatic nitrogens is 1. The molecular formula is C31H30F3N5O3S. The van der Waals surface area contributed by atoms with Gasteiger partial charge in [-0.25, -0.2) is 18.2 Å². The van der Waals surface area contributed by atoms with E-state index >= 15 is 0 Å². The van der Waals surface area contributed by atoms with Gasteiger partial charge < -0.3 is 5.32 Å². The molecule has 0 bridgehead atoms. The topological polar surface area (TPSA) is 106 Å². The van der Waals surface area contributed by atoms with Crippen LogP contribution in [-0.2, 0) is 14.4 Å². The van der Waals surface area contributed by atoms with E-state index in [1.54, 1.807) is 47.5 Å². The van der Waals surface area contributed by atoms with Crippen molar-refractivity contribution in [3.63, 3.8) is 0 Å². The molecule has 8 nitrogen and oxygen atoms in total. The third-order valence-corrected chi connectivity index (χ3v) is 7.90. The number of nitriles is 1. The molecule has 12 heteroatoms. The monoisotopic (exact) mass is 609 g/mol. The lowest BCUT2D eigenvalue weighted by molar-refractivity contribution is -0.131. The third-order valence-electron chi connectivity index (χ3n) is 7.09. The maximum Gasteiger partial charge on any atom is 0.252 e. The number of pyridine rings is 1. The van der Waals surface area contributed by atoms with Crippen LogP contribution in [-0.4, -0.2) is 48.0 Å². The standard InChI is InChI=1S/C20H19F3N2O2S.C11H11N3O/c1-28-17-8-3-2-7-16(17)18(19(27)24-14-10-20(22,23)11-14)25(12-26)15-6-4-5-13(21)9-15;12-8-9-4-5-13-10(7-9)14-6-2-1-3-11(14)15/h2-9,12,14,18H,10-11H2,1H3,(H,24,27);4-5,7H,1-3,6H2. The number of amides is 3. The van der Waals surface area contributed by atoms with Gasteiger partial charge in [-0.05, 0) is 61.1 Å². The Morgan fingerprint density at radius 2 is 1.95 bits per heavy atom. The molecule has 224 valence electrons. The number of benzene rings is 2. The summed E-state index contributed by atoms with van der Waals surface area (Å²) in [5.41, 5.74) is 1.28. The molecule has 1 saturated heterocycles. The number of carbonyl (C=O) groups is 3. The molecule has 1 atom stereocenters. The highest BCUT2D eigenvalue weighted by Gasteiger charge is 2.47. The van der Waals surface area contributed by atoms with Crippen LogP contribution in [0.25, 0.3) is 0 Å². The lowest BCUT2D eigenvalue weighted by atomic mass is 9.87. The van der Waals surface area contributed by atoms with Crippen molar-refractivity contribution in [1.29, 1.82) is 5.26 Å². The van der Waals surface area contributed by atoms with E-state index in [2.05, 4.69) is 10.3 Å². The Bertz CT molecular complexity index is 1510. The lowest BCUT2D eigenvalue weighted by Crippen LogP contribution is -2.53. The van der Waals surface area contributed by atoms with Crippen LogP contribution in [0.15, 0.2) is 71.8 Å². The predicted molar refractivity (Wildman–Crippen MR) is 157 cm³/mol. The van der Waals surface area contributed by atoms with E-state index in [1.165, 1.54) is 30.0 Å². The van der Waals surface area contributed by atoms with Crippen LogP contribution in [0.3, 0.4) is 0 Å². The van der Waals surface area contributed by atoms with Gasteiger partial charge in [0, 0.05) is 48.6 Å². The summed E-state index contributed by atoms with van der Waals surface area (Å²) in [6.07, 6.45) is 5.51. The van der Waals surface area contributed by atoms with E-state index in [4.69, 9.17) is 5.26 Å². The first-order valence-corrected chi connectivity index (χ1v) is 14.8. The Labute approximate surface area is 251 Å². The number of alkyl halides is 2. The second-order valence-electron chi connectivity index (χ2n) is 10.1. The number of hydrogen-bond acceptors (Lipinski definition) is 6. The summed E-state index contributed by atoms with van der Waals surface area (Å²) in [6, 6.07) is 15.9. The zero-order chi connectivity index (χ0) is 31.0. The van der Waals surface area contributed by atoms with Gasteiger partial charge in [-0.1, -0.05) is 24.3 Å². The lowest BCUT2D eigenvalue weighted by Gasteiger charge is -2.37. The molecule has 1 saturated carbocycles. The SMILES string of the molecule is CSc1ccccc1C(C(=O)NC1CC(F)(F)C1)N(C=O)c1cccc(F)c1.N#Cc1ccnc(N2CCCCC2=O)c1. The first-order valence-electron chi connectivity index (χ1n) is 13.6. The molecule has 1 aliphatic carbocycles. The molecule has 2 fully saturated rings. The van der Waals surface area contributed by atoms with Crippen LogP contribution in [0.5, 0.6) is 0 Å². The van der Waals surface area contributed by atoms with Crippen molar-refractivity contribution in [2.45, 2.75) is 55.0 Å². The first-order chi connectivity index (χ1) is 20.7. The first kappa shape index (κ1) is 31.6. The number of carbonyl (C=O) groups excluding carboxylic acids is 3. The van der Waals surface area contributed by atoms with Crippen molar-refractivity contribution in [1.82, 2.24) is 10.3 Å². The smallest absolute Gasteiger partial charge is 0.252 e. The minimum Gasteiger partial charge on any atom is -0.351 e. The van der Waals surface area contributed by atoms with Crippen LogP contribution in [0.2, 0.25) is 0 Å². The summed E-state index contributed by atoms with van der Waals surface area (Å²) in [5.74, 6) is -3.22. The molecule has 1 aliphatic heterocycles. The van der Waals surface area contributed by atoms with Gasteiger partial charge in [-0.3, -0.25) is 24.2 Å². The fraction of sp³-hybridized carbons (Fsp3) is 0.323. The Hall–Kier alpha value is -4.37. The second-order valence-corrected chi connectivity index (χ2v) is 11.0. The third kappa shape index (κ3) is 7.93. The van der Waals surface area contributed by atoms with Gasteiger partial charge in [0.25, 0.3) is 5.92 Å². The Balaban J connectivity index is 0.000000237. The van der Waals surface area contributed by atoms with Crippen molar-refractivity contribution in [2.24, 2.45) is 0 Å². The Morgan fingerprint density at radius 3 is 2.60 bits per heavy atom. The minimum absolute atomic E-state index is 0.101. The molecule has 0 radical (unpaired) electrons. The normalized spacial score (nSPS) is 16.5. The molecule has 3 aromatic rings. The number of anilines is 2. The maximum atomic E-state index is 13.7. The molecule has 2 aliphatic rings. The van der Waals surface area contributed by atoms with E-state index in [9.17, 15) is 27.6 Å². The van der Waals surface area contributed by atoms with Gasteiger partial charge >= 0.3 is 0 Å². The summed E-state index contributed by atoms with van der Waals surface area (Å²) in [6.45, 7) is 0.709. The van der Waals surface area contributed by atoms with Crippen LogP contribution >= 0.6 is 11.8 Å². The van der Waals surface area contributed by atoms with Gasteiger partial charge in [0.1, 0.15) is 17.7 Å². The largest absolute Gasteiger partial charge is 0.351 e. The van der Waals surface area contributed by atoms with E-state index in [-0.39, 0.29) is 11.6 Å². The van der Waals surface area contributed by atoms with Crippen LogP contribution in [0.4, 0.5) is 24.7 Å². The van der Waals surface area contributed by atoms with Crippen molar-refractivity contribution in [3.8, 4) is 6.07 Å². The van der Waals surface area contributed by atoms with Gasteiger partial charge in [-0.2, -0.15) is 5.26 Å². The average molecular weight is 610 g/mol. The highest BCUT2D eigenvalue weighted by molar-refractivity contribution is 7.98. The molecule has 0 spiro atoms. The number of hydrogen-bond donors (Lipinski definition) is 1. The summed E-state index contributed by atoms with van der Waals surface area (Å²) >= 11 is 1.39. The van der Waals surface area contributed by atoms with Crippen molar-refractivity contribution in [2.75, 3.05) is 22.6 Å². The summed E-state index contributed by atoms with van der Waals surface area (Å²) in [7, 11) is 0. The fourth-order valence-electron chi connectivity index (χ4n) is 4.94. The van der Waals surface area contributed by atoms with Crippen molar-refractivity contribution >= 4 is 41.5 Å². The number of nitrogens with one attached hydrogen (secondary N) is 1. The predicted octanol–water partition coefficient (Wildman–Crippen LogP) is 5.64. The molecule has 3 amide bonds. The number of thioether (sulfide) groups is 1. The Kier molecular flexibility index (Phi) is 10.4. The van der Waals surface area contributed by atoms with Crippen molar-refractivity contribution < 1.29 is 27.6 Å².